The molecule has 1 aliphatic heterocycles. The summed E-state index contributed by atoms with van der Waals surface area (Å²) >= 11 is 0. The van der Waals surface area contributed by atoms with Crippen molar-refractivity contribution in [2.75, 3.05) is 31.9 Å². The van der Waals surface area contributed by atoms with Crippen LogP contribution in [0.2, 0.25) is 0 Å². The van der Waals surface area contributed by atoms with Gasteiger partial charge in [-0.2, -0.15) is 8.42 Å². The Labute approximate surface area is 145 Å². The fourth-order valence-corrected chi connectivity index (χ4v) is 4.11. The van der Waals surface area contributed by atoms with Crippen LogP contribution in [0.5, 0.6) is 0 Å². The maximum Gasteiger partial charge on any atom is 0.265 e. The quantitative estimate of drug-likeness (QED) is 0.553. The fourth-order valence-electron chi connectivity index (χ4n) is 3.62. The Morgan fingerprint density at radius 1 is 1.08 bits per heavy atom. The topological polar surface area (TPSA) is 74.6 Å². The van der Waals surface area contributed by atoms with Crippen LogP contribution >= 0.6 is 0 Å². The molecule has 2 rings (SSSR count). The second-order valence-corrected chi connectivity index (χ2v) is 8.77. The number of piperidine rings is 1. The van der Waals surface area contributed by atoms with Crippen LogP contribution in [0.3, 0.4) is 0 Å². The van der Waals surface area contributed by atoms with E-state index < -0.39 is 10.1 Å². The molecule has 0 unspecified atom stereocenters. The first-order valence-corrected chi connectivity index (χ1v) is 10.4. The predicted molar refractivity (Wildman–Crippen MR) is 95.5 cm³/mol. The average molecular weight is 357 g/mol. The van der Waals surface area contributed by atoms with E-state index in [4.69, 9.17) is 4.55 Å². The Hall–Kier alpha value is -0.950. The lowest BCUT2D eigenvalue weighted by molar-refractivity contribution is -0.933. The van der Waals surface area contributed by atoms with Gasteiger partial charge < -0.3 is 9.59 Å². The lowest BCUT2D eigenvalue weighted by Crippen LogP contribution is -2.55. The minimum absolute atomic E-state index is 0.173. The molecule has 0 aromatic heterocycles. The third-order valence-electron chi connectivity index (χ3n) is 5.13. The molecular weight excluding hydrogens is 326 g/mol. The molecule has 5 nitrogen and oxygen atoms in total. The molecule has 1 saturated heterocycles. The first-order chi connectivity index (χ1) is 11.3. The summed E-state index contributed by atoms with van der Waals surface area (Å²) in [6.45, 7) is 5.60. The van der Waals surface area contributed by atoms with Gasteiger partial charge in [0.1, 0.15) is 0 Å². The van der Waals surface area contributed by atoms with Crippen molar-refractivity contribution in [3.63, 3.8) is 0 Å². The zero-order chi connectivity index (χ0) is 17.6. The molecule has 1 aromatic carbocycles. The van der Waals surface area contributed by atoms with Crippen LogP contribution in [0.25, 0.3) is 0 Å². The minimum atomic E-state index is -3.89. The number of benzene rings is 1. The van der Waals surface area contributed by atoms with Gasteiger partial charge in [0.05, 0.1) is 38.0 Å². The summed E-state index contributed by atoms with van der Waals surface area (Å²) in [7, 11) is -3.89. The average Bonchev–Trinajstić information content (AvgIpc) is 2.51. The lowest BCUT2D eigenvalue weighted by atomic mass is 10.0. The van der Waals surface area contributed by atoms with Crippen LogP contribution in [0, 0.1) is 6.92 Å². The van der Waals surface area contributed by atoms with Crippen LogP contribution in [0.1, 0.15) is 36.8 Å². The standard InChI is InChI=1S/C18H29NO4S/c1-16-5-7-17(8-6-16)4-2-11-19(12-3-15-24(21,22)23)13-9-18(20)10-14-19/h5-8,18,20H,2-4,9-15H2,1H3/p+1. The van der Waals surface area contributed by atoms with Gasteiger partial charge in [0.15, 0.2) is 0 Å². The Morgan fingerprint density at radius 3 is 2.25 bits per heavy atom. The summed E-state index contributed by atoms with van der Waals surface area (Å²) in [6.07, 6.45) is 3.85. The number of aliphatic hydroxyl groups excluding tert-OH is 1. The molecule has 6 heteroatoms. The second kappa shape index (κ2) is 8.43. The molecule has 1 heterocycles. The van der Waals surface area contributed by atoms with E-state index in [2.05, 4.69) is 31.2 Å². The third-order valence-corrected chi connectivity index (χ3v) is 5.93. The highest BCUT2D eigenvalue weighted by molar-refractivity contribution is 7.85. The summed E-state index contributed by atoms with van der Waals surface area (Å²) in [5, 5.41) is 9.78. The molecule has 24 heavy (non-hydrogen) atoms. The molecule has 2 N–H and O–H groups in total. The normalized spacial score (nSPS) is 24.9. The van der Waals surface area contributed by atoms with E-state index in [0.29, 0.717) is 6.42 Å². The maximum atomic E-state index is 11.0. The van der Waals surface area contributed by atoms with Gasteiger partial charge in [-0.15, -0.1) is 0 Å². The first-order valence-electron chi connectivity index (χ1n) is 8.82. The van der Waals surface area contributed by atoms with E-state index in [1.807, 2.05) is 0 Å². The van der Waals surface area contributed by atoms with E-state index in [-0.39, 0.29) is 11.9 Å². The van der Waals surface area contributed by atoms with Gasteiger partial charge in [0.25, 0.3) is 10.1 Å². The number of rotatable bonds is 8. The fraction of sp³-hybridized carbons (Fsp3) is 0.667. The molecule has 0 bridgehead atoms. The van der Waals surface area contributed by atoms with Crippen LogP contribution in [0.15, 0.2) is 24.3 Å². The zero-order valence-corrected chi connectivity index (χ0v) is 15.3. The van der Waals surface area contributed by atoms with E-state index >= 15 is 0 Å². The Morgan fingerprint density at radius 2 is 1.67 bits per heavy atom. The van der Waals surface area contributed by atoms with Crippen LogP contribution in [0.4, 0.5) is 0 Å². The van der Waals surface area contributed by atoms with Crippen molar-refractivity contribution in [3.8, 4) is 0 Å². The number of aliphatic hydroxyl groups is 1. The van der Waals surface area contributed by atoms with Crippen molar-refractivity contribution in [1.82, 2.24) is 0 Å². The van der Waals surface area contributed by atoms with Crippen LogP contribution in [-0.2, 0) is 16.5 Å². The molecule has 0 radical (unpaired) electrons. The van der Waals surface area contributed by atoms with Crippen molar-refractivity contribution >= 4 is 10.1 Å². The number of likely N-dealkylation sites (tertiary alicyclic amines) is 1. The molecule has 0 aliphatic carbocycles. The SMILES string of the molecule is Cc1ccc(CCC[N+]2(CCCS(=O)(=O)O)CCC(O)CC2)cc1. The smallest absolute Gasteiger partial charge is 0.265 e. The Bertz CT molecular complexity index is 604. The molecule has 0 spiro atoms. The van der Waals surface area contributed by atoms with Crippen molar-refractivity contribution in [2.45, 2.75) is 45.1 Å². The number of hydrogen-bond acceptors (Lipinski definition) is 3. The summed E-state index contributed by atoms with van der Waals surface area (Å²) in [6, 6.07) is 8.59. The number of aryl methyl sites for hydroxylation is 2. The van der Waals surface area contributed by atoms with Gasteiger partial charge in [0, 0.05) is 25.7 Å². The van der Waals surface area contributed by atoms with Gasteiger partial charge >= 0.3 is 0 Å². The van der Waals surface area contributed by atoms with Crippen LogP contribution < -0.4 is 0 Å². The van der Waals surface area contributed by atoms with E-state index in [9.17, 15) is 13.5 Å². The number of nitrogens with zero attached hydrogens (tertiary/aromatic N) is 1. The second-order valence-electron chi connectivity index (χ2n) is 7.20. The molecule has 1 fully saturated rings. The predicted octanol–water partition coefficient (Wildman–Crippen LogP) is 2.18. The maximum absolute atomic E-state index is 11.0. The number of quaternary nitrogens is 1. The van der Waals surface area contributed by atoms with Gasteiger partial charge in [-0.1, -0.05) is 29.8 Å². The monoisotopic (exact) mass is 356 g/mol. The Balaban J connectivity index is 1.89. The third kappa shape index (κ3) is 6.51. The summed E-state index contributed by atoms with van der Waals surface area (Å²) in [5.74, 6) is -0.173. The van der Waals surface area contributed by atoms with Crippen molar-refractivity contribution in [1.29, 1.82) is 0 Å². The van der Waals surface area contributed by atoms with Crippen LogP contribution in [-0.4, -0.2) is 60.6 Å². The van der Waals surface area contributed by atoms with Crippen molar-refractivity contribution in [3.05, 3.63) is 35.4 Å². The summed E-state index contributed by atoms with van der Waals surface area (Å²) in [5.41, 5.74) is 2.59. The Kier molecular flexibility index (Phi) is 6.80. The highest BCUT2D eigenvalue weighted by Gasteiger charge is 2.32. The molecule has 0 saturated carbocycles. The summed E-state index contributed by atoms with van der Waals surface area (Å²) in [4.78, 5) is 0. The lowest BCUT2D eigenvalue weighted by Gasteiger charge is -2.43. The van der Waals surface area contributed by atoms with Gasteiger partial charge in [-0.05, 0) is 18.9 Å². The highest BCUT2D eigenvalue weighted by Crippen LogP contribution is 2.22. The largest absolute Gasteiger partial charge is 0.393 e. The zero-order valence-electron chi connectivity index (χ0n) is 14.5. The van der Waals surface area contributed by atoms with Gasteiger partial charge in [0.2, 0.25) is 0 Å². The highest BCUT2D eigenvalue weighted by atomic mass is 32.2. The minimum Gasteiger partial charge on any atom is -0.393 e. The van der Waals surface area contributed by atoms with E-state index in [0.717, 1.165) is 56.3 Å². The summed E-state index contributed by atoms with van der Waals surface area (Å²) < 4.78 is 31.7. The molecule has 136 valence electrons. The van der Waals surface area contributed by atoms with Gasteiger partial charge in [-0.25, -0.2) is 0 Å². The van der Waals surface area contributed by atoms with E-state index in [1.54, 1.807) is 0 Å². The molecule has 0 atom stereocenters. The van der Waals surface area contributed by atoms with Crippen molar-refractivity contribution in [2.24, 2.45) is 0 Å². The first kappa shape index (κ1) is 19.4. The van der Waals surface area contributed by atoms with Gasteiger partial charge in [-0.3, -0.25) is 4.55 Å². The van der Waals surface area contributed by atoms with E-state index in [1.165, 1.54) is 11.1 Å². The molecule has 0 amide bonds. The molecule has 1 aromatic rings. The molecule has 1 aliphatic rings. The molecular formula is C18H30NO4S+. The van der Waals surface area contributed by atoms with Crippen molar-refractivity contribution < 1.29 is 22.6 Å². The number of hydrogen-bond donors (Lipinski definition) is 2.